The van der Waals surface area contributed by atoms with Gasteiger partial charge in [-0.25, -0.2) is 4.39 Å². The quantitative estimate of drug-likeness (QED) is 0.808. The summed E-state index contributed by atoms with van der Waals surface area (Å²) in [6.45, 7) is 6.89. The fraction of sp³-hybridized carbons (Fsp3) is 0.333. The van der Waals surface area contributed by atoms with E-state index in [1.165, 1.54) is 0 Å². The maximum absolute atomic E-state index is 14.1. The van der Waals surface area contributed by atoms with Gasteiger partial charge in [-0.15, -0.1) is 0 Å². The van der Waals surface area contributed by atoms with Crippen molar-refractivity contribution >= 4 is 0 Å². The molecule has 21 heavy (non-hydrogen) atoms. The van der Waals surface area contributed by atoms with Gasteiger partial charge in [-0.1, -0.05) is 37.3 Å². The lowest BCUT2D eigenvalue weighted by Gasteiger charge is -2.18. The highest BCUT2D eigenvalue weighted by atomic mass is 19.1. The van der Waals surface area contributed by atoms with Gasteiger partial charge in [-0.3, -0.25) is 0 Å². The van der Waals surface area contributed by atoms with E-state index in [0.29, 0.717) is 11.3 Å². The standard InChI is InChI=1S/C18H22FNO/c1-4-12-20-14(3)15-9-5-6-10-16(15)21-17-11-7-8-13(2)18(17)19/h5-11,14,20H,4,12H2,1-3H3. The lowest BCUT2D eigenvalue weighted by molar-refractivity contribution is 0.427. The topological polar surface area (TPSA) is 21.3 Å². The van der Waals surface area contributed by atoms with Crippen molar-refractivity contribution in [2.75, 3.05) is 6.54 Å². The number of para-hydroxylation sites is 1. The Bertz CT molecular complexity index is 598. The Labute approximate surface area is 126 Å². The maximum atomic E-state index is 14.1. The summed E-state index contributed by atoms with van der Waals surface area (Å²) in [5, 5.41) is 3.43. The predicted octanol–water partition coefficient (Wildman–Crippen LogP) is 4.99. The first-order valence-electron chi connectivity index (χ1n) is 7.38. The van der Waals surface area contributed by atoms with Crippen LogP contribution in [0.25, 0.3) is 0 Å². The first-order chi connectivity index (χ1) is 10.1. The molecule has 0 aliphatic heterocycles. The maximum Gasteiger partial charge on any atom is 0.168 e. The SMILES string of the molecule is CCCNC(C)c1ccccc1Oc1cccc(C)c1F. The molecule has 0 radical (unpaired) electrons. The number of rotatable bonds is 6. The highest BCUT2D eigenvalue weighted by molar-refractivity contribution is 5.41. The zero-order valence-corrected chi connectivity index (χ0v) is 12.8. The van der Waals surface area contributed by atoms with Crippen LogP contribution in [0.5, 0.6) is 11.5 Å². The lowest BCUT2D eigenvalue weighted by Crippen LogP contribution is -2.19. The van der Waals surface area contributed by atoms with Crippen LogP contribution in [0.1, 0.15) is 37.4 Å². The van der Waals surface area contributed by atoms with Crippen molar-refractivity contribution in [3.05, 3.63) is 59.4 Å². The van der Waals surface area contributed by atoms with Gasteiger partial charge in [0.15, 0.2) is 11.6 Å². The molecule has 0 bridgehead atoms. The molecule has 2 aromatic carbocycles. The Morgan fingerprint density at radius 1 is 1.10 bits per heavy atom. The van der Waals surface area contributed by atoms with Crippen LogP contribution >= 0.6 is 0 Å². The molecule has 0 saturated carbocycles. The molecular formula is C18H22FNO. The average Bonchev–Trinajstić information content (AvgIpc) is 2.50. The molecule has 1 atom stereocenters. The van der Waals surface area contributed by atoms with Crippen LogP contribution in [0, 0.1) is 12.7 Å². The monoisotopic (exact) mass is 287 g/mol. The van der Waals surface area contributed by atoms with Crippen LogP contribution in [0.2, 0.25) is 0 Å². The number of aryl methyl sites for hydroxylation is 1. The van der Waals surface area contributed by atoms with Crippen molar-refractivity contribution in [2.24, 2.45) is 0 Å². The summed E-state index contributed by atoms with van der Waals surface area (Å²) in [5.41, 5.74) is 1.62. The summed E-state index contributed by atoms with van der Waals surface area (Å²) < 4.78 is 19.9. The predicted molar refractivity (Wildman–Crippen MR) is 84.4 cm³/mol. The fourth-order valence-corrected chi connectivity index (χ4v) is 2.22. The number of nitrogens with one attached hydrogen (secondary N) is 1. The molecule has 2 rings (SSSR count). The Hall–Kier alpha value is -1.87. The van der Waals surface area contributed by atoms with E-state index in [1.807, 2.05) is 24.3 Å². The van der Waals surface area contributed by atoms with Crippen molar-refractivity contribution in [3.8, 4) is 11.5 Å². The molecule has 2 nitrogen and oxygen atoms in total. The van der Waals surface area contributed by atoms with Gasteiger partial charge in [0, 0.05) is 11.6 Å². The normalized spacial score (nSPS) is 12.2. The third-order valence-electron chi connectivity index (χ3n) is 3.46. The van der Waals surface area contributed by atoms with Gasteiger partial charge >= 0.3 is 0 Å². The molecule has 3 heteroatoms. The van der Waals surface area contributed by atoms with Gasteiger partial charge in [0.25, 0.3) is 0 Å². The van der Waals surface area contributed by atoms with E-state index < -0.39 is 0 Å². The highest BCUT2D eigenvalue weighted by Crippen LogP contribution is 2.31. The molecule has 0 aliphatic carbocycles. The molecule has 0 fully saturated rings. The van der Waals surface area contributed by atoms with Crippen LogP contribution in [-0.4, -0.2) is 6.54 Å². The van der Waals surface area contributed by atoms with Gasteiger partial charge in [-0.05, 0) is 44.5 Å². The van der Waals surface area contributed by atoms with Crippen LogP contribution in [0.3, 0.4) is 0 Å². The lowest BCUT2D eigenvalue weighted by atomic mass is 10.1. The van der Waals surface area contributed by atoms with Gasteiger partial charge in [0.1, 0.15) is 5.75 Å². The molecule has 0 heterocycles. The summed E-state index contributed by atoms with van der Waals surface area (Å²) in [6.07, 6.45) is 1.07. The Morgan fingerprint density at radius 3 is 2.57 bits per heavy atom. The molecule has 0 aromatic heterocycles. The van der Waals surface area contributed by atoms with Crippen LogP contribution in [-0.2, 0) is 0 Å². The van der Waals surface area contributed by atoms with Crippen molar-refractivity contribution in [2.45, 2.75) is 33.2 Å². The molecule has 1 unspecified atom stereocenters. The number of hydrogen-bond acceptors (Lipinski definition) is 2. The largest absolute Gasteiger partial charge is 0.454 e. The van der Waals surface area contributed by atoms with Gasteiger partial charge in [0.05, 0.1) is 0 Å². The van der Waals surface area contributed by atoms with E-state index in [0.717, 1.165) is 18.5 Å². The second-order valence-corrected chi connectivity index (χ2v) is 5.20. The van der Waals surface area contributed by atoms with Crippen LogP contribution < -0.4 is 10.1 Å². The van der Waals surface area contributed by atoms with Gasteiger partial charge < -0.3 is 10.1 Å². The Kier molecular flexibility index (Phi) is 5.34. The third kappa shape index (κ3) is 3.82. The zero-order valence-electron chi connectivity index (χ0n) is 12.8. The second-order valence-electron chi connectivity index (χ2n) is 5.20. The first kappa shape index (κ1) is 15.5. The number of ether oxygens (including phenoxy) is 1. The number of benzene rings is 2. The first-order valence-corrected chi connectivity index (χ1v) is 7.38. The van der Waals surface area contributed by atoms with Crippen LogP contribution in [0.4, 0.5) is 4.39 Å². The van der Waals surface area contributed by atoms with E-state index >= 15 is 0 Å². The molecule has 0 aliphatic rings. The summed E-state index contributed by atoms with van der Waals surface area (Å²) in [5.74, 6) is 0.657. The second kappa shape index (κ2) is 7.23. The minimum absolute atomic E-state index is 0.161. The van der Waals surface area contributed by atoms with E-state index in [1.54, 1.807) is 25.1 Å². The summed E-state index contributed by atoms with van der Waals surface area (Å²) >= 11 is 0. The molecule has 2 aromatic rings. The number of halogens is 1. The van der Waals surface area contributed by atoms with Crippen molar-refractivity contribution in [3.63, 3.8) is 0 Å². The smallest absolute Gasteiger partial charge is 0.168 e. The van der Waals surface area contributed by atoms with E-state index in [2.05, 4.69) is 19.2 Å². The fourth-order valence-electron chi connectivity index (χ4n) is 2.22. The minimum atomic E-state index is -0.304. The van der Waals surface area contributed by atoms with Gasteiger partial charge in [-0.2, -0.15) is 0 Å². The van der Waals surface area contributed by atoms with Crippen molar-refractivity contribution in [1.82, 2.24) is 5.32 Å². The summed E-state index contributed by atoms with van der Waals surface area (Å²) in [7, 11) is 0. The van der Waals surface area contributed by atoms with E-state index in [9.17, 15) is 4.39 Å². The minimum Gasteiger partial charge on any atom is -0.454 e. The highest BCUT2D eigenvalue weighted by Gasteiger charge is 2.13. The molecular weight excluding hydrogens is 265 g/mol. The van der Waals surface area contributed by atoms with Crippen molar-refractivity contribution in [1.29, 1.82) is 0 Å². The van der Waals surface area contributed by atoms with Crippen molar-refractivity contribution < 1.29 is 9.13 Å². The summed E-state index contributed by atoms with van der Waals surface area (Å²) in [4.78, 5) is 0. The van der Waals surface area contributed by atoms with Gasteiger partial charge in [0.2, 0.25) is 0 Å². The number of hydrogen-bond donors (Lipinski definition) is 1. The Morgan fingerprint density at radius 2 is 1.81 bits per heavy atom. The third-order valence-corrected chi connectivity index (χ3v) is 3.46. The molecule has 0 saturated heterocycles. The Balaban J connectivity index is 2.26. The molecule has 0 amide bonds. The van der Waals surface area contributed by atoms with E-state index in [-0.39, 0.29) is 17.6 Å². The van der Waals surface area contributed by atoms with E-state index in [4.69, 9.17) is 4.74 Å². The average molecular weight is 287 g/mol. The molecule has 1 N–H and O–H groups in total. The molecule has 112 valence electrons. The molecule has 0 spiro atoms. The van der Waals surface area contributed by atoms with Crippen LogP contribution in [0.15, 0.2) is 42.5 Å². The zero-order chi connectivity index (χ0) is 15.2. The summed E-state index contributed by atoms with van der Waals surface area (Å²) in [6, 6.07) is 13.1.